The zero-order valence-electron chi connectivity index (χ0n) is 11.6. The predicted octanol–water partition coefficient (Wildman–Crippen LogP) is 4.08. The normalized spacial score (nSPS) is 10.2. The van der Waals surface area contributed by atoms with E-state index in [9.17, 15) is 14.9 Å². The average molecular weight is 372 g/mol. The summed E-state index contributed by atoms with van der Waals surface area (Å²) < 4.78 is 0. The molecular weight excluding hydrogens is 361 g/mol. The number of amides is 1. The summed E-state index contributed by atoms with van der Waals surface area (Å²) in [6.07, 6.45) is 0. The number of rotatable bonds is 6. The molecule has 0 saturated heterocycles. The molecule has 0 bridgehead atoms. The van der Waals surface area contributed by atoms with Crippen LogP contribution in [0.5, 0.6) is 0 Å². The van der Waals surface area contributed by atoms with Gasteiger partial charge in [-0.3, -0.25) is 25.8 Å². The molecule has 1 amide bonds. The van der Waals surface area contributed by atoms with Crippen LogP contribution in [0.25, 0.3) is 0 Å². The molecule has 2 rings (SSSR count). The van der Waals surface area contributed by atoms with E-state index in [1.807, 2.05) is 0 Å². The molecule has 0 aliphatic rings. The largest absolute Gasteiger partial charge is 0.297 e. The van der Waals surface area contributed by atoms with Gasteiger partial charge in [-0.2, -0.15) is 0 Å². The third-order valence-electron chi connectivity index (χ3n) is 2.68. The van der Waals surface area contributed by atoms with Crippen molar-refractivity contribution < 1.29 is 9.72 Å². The third-order valence-corrected chi connectivity index (χ3v) is 4.30. The summed E-state index contributed by atoms with van der Waals surface area (Å²) in [5.74, 6) is -0.561. The highest BCUT2D eigenvalue weighted by molar-refractivity contribution is 7.99. The van der Waals surface area contributed by atoms with Gasteiger partial charge in [0.2, 0.25) is 0 Å². The second kappa shape index (κ2) is 8.05. The van der Waals surface area contributed by atoms with Crippen LogP contribution < -0.4 is 10.9 Å². The lowest BCUT2D eigenvalue weighted by atomic mass is 10.3. The minimum Gasteiger partial charge on any atom is -0.297 e. The summed E-state index contributed by atoms with van der Waals surface area (Å²) in [4.78, 5) is 23.0. The zero-order chi connectivity index (χ0) is 16.8. The number of nitro benzene ring substituents is 1. The number of halogens is 2. The fourth-order valence-electron chi connectivity index (χ4n) is 1.67. The average Bonchev–Trinajstić information content (AvgIpc) is 2.55. The van der Waals surface area contributed by atoms with Gasteiger partial charge in [0.1, 0.15) is 5.88 Å². The molecule has 0 aromatic heterocycles. The molecule has 0 heterocycles. The predicted molar refractivity (Wildman–Crippen MR) is 91.2 cm³/mol. The van der Waals surface area contributed by atoms with Gasteiger partial charge in [-0.15, -0.1) is 11.6 Å². The van der Waals surface area contributed by atoms with E-state index in [-0.39, 0.29) is 17.5 Å². The quantitative estimate of drug-likeness (QED) is 0.453. The first-order chi connectivity index (χ1) is 11.0. The second-order valence-electron chi connectivity index (χ2n) is 4.27. The standard InChI is InChI=1S/C14H11Cl2N3O3S/c15-8-14(20)18-17-10-3-1-2-4-12(10)23-13-6-5-9(16)7-11(13)19(21)22/h1-7,17H,8H2,(H,18,20). The Morgan fingerprint density at radius 1 is 1.22 bits per heavy atom. The van der Waals surface area contributed by atoms with Crippen LogP contribution in [0.1, 0.15) is 0 Å². The first-order valence-corrected chi connectivity index (χ1v) is 8.06. The molecule has 23 heavy (non-hydrogen) atoms. The second-order valence-corrected chi connectivity index (χ2v) is 6.06. The first kappa shape index (κ1) is 17.4. The van der Waals surface area contributed by atoms with Gasteiger partial charge in [-0.25, -0.2) is 0 Å². The summed E-state index contributed by atoms with van der Waals surface area (Å²) in [6, 6.07) is 11.5. The molecular formula is C14H11Cl2N3O3S. The lowest BCUT2D eigenvalue weighted by Gasteiger charge is -2.12. The highest BCUT2D eigenvalue weighted by Gasteiger charge is 2.16. The number of carbonyl (C=O) groups is 1. The van der Waals surface area contributed by atoms with Crippen molar-refractivity contribution in [3.8, 4) is 0 Å². The van der Waals surface area contributed by atoms with Crippen LogP contribution in [-0.2, 0) is 4.79 Å². The van der Waals surface area contributed by atoms with Crippen LogP contribution in [0.3, 0.4) is 0 Å². The lowest BCUT2D eigenvalue weighted by molar-refractivity contribution is -0.387. The van der Waals surface area contributed by atoms with Crippen LogP contribution in [0, 0.1) is 10.1 Å². The molecule has 2 aromatic carbocycles. The number of hydrogen-bond acceptors (Lipinski definition) is 5. The summed E-state index contributed by atoms with van der Waals surface area (Å²) in [7, 11) is 0. The van der Waals surface area contributed by atoms with E-state index in [1.165, 1.54) is 17.8 Å². The van der Waals surface area contributed by atoms with Gasteiger partial charge in [0, 0.05) is 16.0 Å². The molecule has 0 aliphatic carbocycles. The van der Waals surface area contributed by atoms with E-state index in [4.69, 9.17) is 23.2 Å². The molecule has 0 atom stereocenters. The Kier molecular flexibility index (Phi) is 6.09. The van der Waals surface area contributed by atoms with Crippen molar-refractivity contribution in [1.82, 2.24) is 5.43 Å². The topological polar surface area (TPSA) is 84.3 Å². The Morgan fingerprint density at radius 2 is 1.96 bits per heavy atom. The fraction of sp³-hybridized carbons (Fsp3) is 0.0714. The molecule has 9 heteroatoms. The lowest BCUT2D eigenvalue weighted by Crippen LogP contribution is -2.30. The van der Waals surface area contributed by atoms with Gasteiger partial charge in [-0.05, 0) is 24.3 Å². The van der Waals surface area contributed by atoms with Crippen LogP contribution in [0.4, 0.5) is 11.4 Å². The fourth-order valence-corrected chi connectivity index (χ4v) is 2.89. The van der Waals surface area contributed by atoms with Crippen LogP contribution in [-0.4, -0.2) is 16.7 Å². The van der Waals surface area contributed by atoms with Crippen LogP contribution >= 0.6 is 35.0 Å². The number of anilines is 1. The van der Waals surface area contributed by atoms with Crippen molar-refractivity contribution in [2.45, 2.75) is 9.79 Å². The maximum absolute atomic E-state index is 11.2. The van der Waals surface area contributed by atoms with Gasteiger partial charge >= 0.3 is 0 Å². The van der Waals surface area contributed by atoms with E-state index in [0.29, 0.717) is 20.5 Å². The number of nitrogens with zero attached hydrogens (tertiary/aromatic N) is 1. The summed E-state index contributed by atoms with van der Waals surface area (Å²) >= 11 is 12.4. The van der Waals surface area contributed by atoms with E-state index in [0.717, 1.165) is 0 Å². The maximum atomic E-state index is 11.2. The SMILES string of the molecule is O=C(CCl)NNc1ccccc1Sc1ccc(Cl)cc1[N+](=O)[O-]. The van der Waals surface area contributed by atoms with Gasteiger partial charge in [-0.1, -0.05) is 35.5 Å². The number of nitrogens with one attached hydrogen (secondary N) is 2. The Bertz CT molecular complexity index is 743. The molecule has 0 unspecified atom stereocenters. The van der Waals surface area contributed by atoms with Crippen molar-refractivity contribution in [3.63, 3.8) is 0 Å². The van der Waals surface area contributed by atoms with Crippen LogP contribution in [0.2, 0.25) is 5.02 Å². The number of hydrazine groups is 1. The van der Waals surface area contributed by atoms with E-state index in [2.05, 4.69) is 10.9 Å². The molecule has 2 aromatic rings. The van der Waals surface area contributed by atoms with Gasteiger partial charge in [0.15, 0.2) is 0 Å². The molecule has 0 saturated carbocycles. The molecule has 0 fully saturated rings. The molecule has 2 N–H and O–H groups in total. The number of carbonyl (C=O) groups excluding carboxylic acids is 1. The Balaban J connectivity index is 2.27. The van der Waals surface area contributed by atoms with Gasteiger partial charge in [0.05, 0.1) is 15.5 Å². The minimum atomic E-state index is -0.487. The van der Waals surface area contributed by atoms with Crippen molar-refractivity contribution in [3.05, 3.63) is 57.6 Å². The molecule has 6 nitrogen and oxygen atoms in total. The molecule has 120 valence electrons. The minimum absolute atomic E-state index is 0.0814. The zero-order valence-corrected chi connectivity index (χ0v) is 13.9. The van der Waals surface area contributed by atoms with E-state index in [1.54, 1.807) is 36.4 Å². The van der Waals surface area contributed by atoms with Crippen molar-refractivity contribution >= 4 is 52.2 Å². The Hall–Kier alpha value is -1.96. The summed E-state index contributed by atoms with van der Waals surface area (Å²) in [6.45, 7) is 0. The number of hydrogen-bond donors (Lipinski definition) is 2. The summed E-state index contributed by atoms with van der Waals surface area (Å²) in [5.41, 5.74) is 5.69. The van der Waals surface area contributed by atoms with Crippen molar-refractivity contribution in [2.24, 2.45) is 0 Å². The Labute approximate surface area is 146 Å². The van der Waals surface area contributed by atoms with Crippen molar-refractivity contribution in [2.75, 3.05) is 11.3 Å². The summed E-state index contributed by atoms with van der Waals surface area (Å²) in [5, 5.41) is 11.4. The van der Waals surface area contributed by atoms with Crippen LogP contribution in [0.15, 0.2) is 52.3 Å². The number of nitro groups is 1. The smallest absolute Gasteiger partial charge is 0.284 e. The number of benzene rings is 2. The monoisotopic (exact) mass is 371 g/mol. The van der Waals surface area contributed by atoms with E-state index >= 15 is 0 Å². The Morgan fingerprint density at radius 3 is 2.65 bits per heavy atom. The molecule has 0 spiro atoms. The van der Waals surface area contributed by atoms with Gasteiger partial charge in [0.25, 0.3) is 11.6 Å². The van der Waals surface area contributed by atoms with Crippen molar-refractivity contribution in [1.29, 1.82) is 0 Å². The van der Waals surface area contributed by atoms with E-state index < -0.39 is 4.92 Å². The molecule has 0 radical (unpaired) electrons. The van der Waals surface area contributed by atoms with Gasteiger partial charge < -0.3 is 0 Å². The number of alkyl halides is 1. The molecule has 0 aliphatic heterocycles. The number of para-hydroxylation sites is 1. The maximum Gasteiger partial charge on any atom is 0.284 e. The first-order valence-electron chi connectivity index (χ1n) is 6.33. The highest BCUT2D eigenvalue weighted by atomic mass is 35.5. The third kappa shape index (κ3) is 4.75. The highest BCUT2D eigenvalue weighted by Crippen LogP contribution is 2.39.